The van der Waals surface area contributed by atoms with Crippen LogP contribution in [0.3, 0.4) is 0 Å². The van der Waals surface area contributed by atoms with E-state index in [2.05, 4.69) is 20.3 Å². The van der Waals surface area contributed by atoms with Crippen LogP contribution in [0.1, 0.15) is 6.42 Å². The maximum Gasteiger partial charge on any atom is 0.374 e. The van der Waals surface area contributed by atoms with Crippen LogP contribution in [0.15, 0.2) is 18.6 Å². The van der Waals surface area contributed by atoms with Gasteiger partial charge in [-0.1, -0.05) is 5.21 Å². The third-order valence-corrected chi connectivity index (χ3v) is 2.36. The van der Waals surface area contributed by atoms with Crippen molar-refractivity contribution in [2.75, 3.05) is 0 Å². The van der Waals surface area contributed by atoms with Crippen molar-refractivity contribution in [2.24, 2.45) is 0 Å². The highest BCUT2D eigenvalue weighted by Crippen LogP contribution is 2.19. The fourth-order valence-electron chi connectivity index (χ4n) is 1.32. The van der Waals surface area contributed by atoms with E-state index in [1.807, 2.05) is 0 Å². The van der Waals surface area contributed by atoms with Gasteiger partial charge in [0.25, 0.3) is 0 Å². The lowest BCUT2D eigenvalue weighted by atomic mass is 10.2. The first-order valence-corrected chi connectivity index (χ1v) is 5.38. The molecule has 0 atom stereocenters. The Hall–Kier alpha value is -2.52. The smallest absolute Gasteiger partial charge is 0.374 e. The van der Waals surface area contributed by atoms with E-state index in [0.717, 1.165) is 17.1 Å². The number of alkyl halides is 2. The number of aryl methyl sites for hydroxylation is 1. The van der Waals surface area contributed by atoms with Crippen LogP contribution >= 0.6 is 0 Å². The Morgan fingerprint density at radius 2 is 2.00 bits per heavy atom. The van der Waals surface area contributed by atoms with E-state index in [1.54, 1.807) is 0 Å². The Bertz CT molecular complexity index is 614. The molecule has 106 valence electrons. The topological polar surface area (TPSA) is 93.8 Å². The summed E-state index contributed by atoms with van der Waals surface area (Å²) in [7, 11) is 0. The molecule has 2 aromatic rings. The predicted octanol–water partition coefficient (Wildman–Crippen LogP) is 0.984. The first-order valence-electron chi connectivity index (χ1n) is 5.38. The summed E-state index contributed by atoms with van der Waals surface area (Å²) in [6, 6.07) is 0. The van der Waals surface area contributed by atoms with E-state index in [4.69, 9.17) is 5.11 Å². The summed E-state index contributed by atoms with van der Waals surface area (Å²) >= 11 is 0. The van der Waals surface area contributed by atoms with Crippen LogP contribution in [-0.2, 0) is 11.3 Å². The number of nitrogens with zero attached hydrogens (tertiary/aromatic N) is 5. The molecule has 20 heavy (non-hydrogen) atoms. The maximum atomic E-state index is 12.9. The number of carboxylic acid groups (broad SMARTS) is 1. The summed E-state index contributed by atoms with van der Waals surface area (Å²) in [5, 5.41) is 15.5. The standard InChI is InChI=1S/C10H8F3N5O2/c11-6-3-14-8(15-4-6)7-5-18(17-16-7)2-1-10(12,13)9(19)20/h3-5H,1-2H2,(H,19,20). The molecule has 0 amide bonds. The molecule has 2 rings (SSSR count). The van der Waals surface area contributed by atoms with Gasteiger partial charge >= 0.3 is 11.9 Å². The number of carbonyl (C=O) groups is 1. The molecule has 0 aliphatic rings. The van der Waals surface area contributed by atoms with E-state index < -0.39 is 24.1 Å². The van der Waals surface area contributed by atoms with Crippen molar-refractivity contribution in [3.8, 4) is 11.5 Å². The second kappa shape index (κ2) is 5.23. The molecule has 0 bridgehead atoms. The molecule has 7 nitrogen and oxygen atoms in total. The minimum atomic E-state index is -3.83. The molecule has 0 fully saturated rings. The van der Waals surface area contributed by atoms with E-state index in [0.29, 0.717) is 0 Å². The van der Waals surface area contributed by atoms with Crippen LogP contribution in [0.25, 0.3) is 11.5 Å². The Kier molecular flexibility index (Phi) is 3.63. The Labute approximate surface area is 110 Å². The van der Waals surface area contributed by atoms with Crippen LogP contribution in [0.5, 0.6) is 0 Å². The molecule has 0 saturated carbocycles. The van der Waals surface area contributed by atoms with Gasteiger partial charge in [0, 0.05) is 13.0 Å². The summed E-state index contributed by atoms with van der Waals surface area (Å²) < 4.78 is 39.4. The van der Waals surface area contributed by atoms with Gasteiger partial charge in [0.1, 0.15) is 5.69 Å². The molecule has 0 spiro atoms. The van der Waals surface area contributed by atoms with Gasteiger partial charge in [-0.25, -0.2) is 19.2 Å². The zero-order valence-corrected chi connectivity index (χ0v) is 9.87. The molecular weight excluding hydrogens is 279 g/mol. The van der Waals surface area contributed by atoms with Gasteiger partial charge in [-0.3, -0.25) is 4.68 Å². The minimum absolute atomic E-state index is 0.0858. The van der Waals surface area contributed by atoms with Crippen molar-refractivity contribution in [2.45, 2.75) is 18.9 Å². The molecule has 1 N–H and O–H groups in total. The first kappa shape index (κ1) is 13.9. The highest BCUT2D eigenvalue weighted by atomic mass is 19.3. The summed E-state index contributed by atoms with van der Waals surface area (Å²) in [4.78, 5) is 17.6. The third-order valence-electron chi connectivity index (χ3n) is 2.36. The lowest BCUT2D eigenvalue weighted by Crippen LogP contribution is -2.29. The van der Waals surface area contributed by atoms with Gasteiger partial charge in [0.2, 0.25) is 0 Å². The molecular formula is C10H8F3N5O2. The highest BCUT2D eigenvalue weighted by molar-refractivity contribution is 5.75. The summed E-state index contributed by atoms with van der Waals surface area (Å²) in [6.07, 6.45) is 2.21. The Balaban J connectivity index is 2.06. The lowest BCUT2D eigenvalue weighted by molar-refractivity contribution is -0.166. The second-order valence-corrected chi connectivity index (χ2v) is 3.85. The zero-order chi connectivity index (χ0) is 14.8. The predicted molar refractivity (Wildman–Crippen MR) is 58.2 cm³/mol. The van der Waals surface area contributed by atoms with Crippen LogP contribution in [0.4, 0.5) is 13.2 Å². The second-order valence-electron chi connectivity index (χ2n) is 3.85. The number of hydrogen-bond donors (Lipinski definition) is 1. The van der Waals surface area contributed by atoms with Gasteiger partial charge in [0.15, 0.2) is 11.6 Å². The normalized spacial score (nSPS) is 11.6. The lowest BCUT2D eigenvalue weighted by Gasteiger charge is -2.09. The van der Waals surface area contributed by atoms with Crippen molar-refractivity contribution in [1.29, 1.82) is 0 Å². The van der Waals surface area contributed by atoms with Crippen LogP contribution in [0.2, 0.25) is 0 Å². The molecule has 2 heterocycles. The fraction of sp³-hybridized carbons (Fsp3) is 0.300. The molecule has 0 aromatic carbocycles. The van der Waals surface area contributed by atoms with Crippen molar-refractivity contribution in [3.63, 3.8) is 0 Å². The number of hydrogen-bond acceptors (Lipinski definition) is 5. The Morgan fingerprint density at radius 3 is 2.60 bits per heavy atom. The number of rotatable bonds is 5. The van der Waals surface area contributed by atoms with Gasteiger partial charge in [0.05, 0.1) is 18.6 Å². The number of halogens is 3. The summed E-state index contributed by atoms with van der Waals surface area (Å²) in [5.41, 5.74) is 0.170. The zero-order valence-electron chi connectivity index (χ0n) is 9.87. The highest BCUT2D eigenvalue weighted by Gasteiger charge is 2.38. The number of carboxylic acids is 1. The monoisotopic (exact) mass is 287 g/mol. The largest absolute Gasteiger partial charge is 0.477 e. The molecule has 0 unspecified atom stereocenters. The van der Waals surface area contributed by atoms with Crippen molar-refractivity contribution in [1.82, 2.24) is 25.0 Å². The third kappa shape index (κ3) is 3.08. The molecule has 2 aromatic heterocycles. The average Bonchev–Trinajstić information content (AvgIpc) is 2.86. The van der Waals surface area contributed by atoms with E-state index in [1.165, 1.54) is 6.20 Å². The molecule has 0 aliphatic carbocycles. The fourth-order valence-corrected chi connectivity index (χ4v) is 1.32. The molecule has 0 radical (unpaired) electrons. The van der Waals surface area contributed by atoms with E-state index >= 15 is 0 Å². The van der Waals surface area contributed by atoms with Gasteiger partial charge in [-0.15, -0.1) is 5.10 Å². The molecule has 0 aliphatic heterocycles. The maximum absolute atomic E-state index is 12.9. The van der Waals surface area contributed by atoms with E-state index in [9.17, 15) is 18.0 Å². The van der Waals surface area contributed by atoms with Crippen molar-refractivity contribution < 1.29 is 23.1 Å². The van der Waals surface area contributed by atoms with Gasteiger partial charge in [-0.2, -0.15) is 8.78 Å². The Morgan fingerprint density at radius 1 is 1.35 bits per heavy atom. The SMILES string of the molecule is O=C(O)C(F)(F)CCn1cc(-c2ncc(F)cn2)nn1. The summed E-state index contributed by atoms with van der Waals surface area (Å²) in [5.74, 6) is -6.57. The van der Waals surface area contributed by atoms with Crippen molar-refractivity contribution >= 4 is 5.97 Å². The van der Waals surface area contributed by atoms with Crippen LogP contribution < -0.4 is 0 Å². The number of aromatic nitrogens is 5. The first-order chi connectivity index (χ1) is 9.38. The van der Waals surface area contributed by atoms with Gasteiger partial charge < -0.3 is 5.11 Å². The average molecular weight is 287 g/mol. The van der Waals surface area contributed by atoms with Crippen molar-refractivity contribution in [3.05, 3.63) is 24.4 Å². The minimum Gasteiger partial charge on any atom is -0.477 e. The summed E-state index contributed by atoms with van der Waals surface area (Å²) in [6.45, 7) is -0.340. The van der Waals surface area contributed by atoms with Crippen LogP contribution in [-0.4, -0.2) is 42.0 Å². The van der Waals surface area contributed by atoms with Crippen LogP contribution in [0, 0.1) is 5.82 Å². The quantitative estimate of drug-likeness (QED) is 0.881. The molecule has 0 saturated heterocycles. The number of aliphatic carboxylic acids is 1. The molecule has 10 heteroatoms. The van der Waals surface area contributed by atoms with E-state index in [-0.39, 0.29) is 18.1 Å². The van der Waals surface area contributed by atoms with Gasteiger partial charge in [-0.05, 0) is 0 Å².